The van der Waals surface area contributed by atoms with Crippen LogP contribution < -0.4 is 10.3 Å². The maximum atomic E-state index is 12.7. The molecule has 1 heterocycles. The number of benzene rings is 1. The van der Waals surface area contributed by atoms with Gasteiger partial charge in [0.2, 0.25) is 0 Å². The van der Waals surface area contributed by atoms with E-state index in [1.165, 1.54) is 11.8 Å². The lowest BCUT2D eigenvalue weighted by atomic mass is 9.89. The number of carbonyl (C=O) groups is 1. The third kappa shape index (κ3) is 2.90. The number of carboxylic acid groups (broad SMARTS) is 1. The van der Waals surface area contributed by atoms with Crippen LogP contribution in [0.5, 0.6) is 5.75 Å². The van der Waals surface area contributed by atoms with Gasteiger partial charge in [-0.05, 0) is 12.1 Å². The molecule has 0 atom stereocenters. The number of ether oxygens (including phenoxy) is 1. The number of H-pyrrole nitrogens is 1. The van der Waals surface area contributed by atoms with Crippen LogP contribution in [-0.2, 0) is 16.6 Å². The van der Waals surface area contributed by atoms with Crippen molar-refractivity contribution in [2.75, 3.05) is 7.11 Å². The predicted octanol–water partition coefficient (Wildman–Crippen LogP) is 2.10. The van der Waals surface area contributed by atoms with Crippen molar-refractivity contribution in [3.8, 4) is 11.4 Å². The van der Waals surface area contributed by atoms with Crippen LogP contribution in [-0.4, -0.2) is 28.0 Å². The molecule has 0 saturated heterocycles. The first-order valence-electron chi connectivity index (χ1n) is 6.95. The number of methoxy groups -OCH3 is 1. The highest BCUT2D eigenvalue weighted by molar-refractivity contribution is 5.70. The van der Waals surface area contributed by atoms with Gasteiger partial charge < -0.3 is 9.84 Å². The second kappa shape index (κ2) is 5.71. The van der Waals surface area contributed by atoms with E-state index in [4.69, 9.17) is 9.84 Å². The molecule has 0 spiro atoms. The van der Waals surface area contributed by atoms with Crippen LogP contribution in [0.3, 0.4) is 0 Å². The van der Waals surface area contributed by atoms with Crippen molar-refractivity contribution in [3.05, 3.63) is 45.9 Å². The van der Waals surface area contributed by atoms with E-state index in [0.29, 0.717) is 17.1 Å². The van der Waals surface area contributed by atoms with Crippen LogP contribution in [0.1, 0.15) is 32.0 Å². The minimum absolute atomic E-state index is 0.269. The summed E-state index contributed by atoms with van der Waals surface area (Å²) < 4.78 is 6.62. The molecule has 0 aliphatic rings. The normalized spacial score (nSPS) is 11.5. The molecule has 0 bridgehead atoms. The number of hydrogen-bond acceptors (Lipinski definition) is 3. The number of carboxylic acids is 1. The number of aromatic amines is 1. The Morgan fingerprint density at radius 3 is 2.50 bits per heavy atom. The van der Waals surface area contributed by atoms with Crippen molar-refractivity contribution >= 4 is 5.97 Å². The summed E-state index contributed by atoms with van der Waals surface area (Å²) in [5.74, 6) is -0.498. The van der Waals surface area contributed by atoms with Crippen LogP contribution >= 0.6 is 0 Å². The van der Waals surface area contributed by atoms with Crippen LogP contribution in [0.4, 0.5) is 0 Å². The van der Waals surface area contributed by atoms with E-state index in [1.807, 2.05) is 20.8 Å². The topological polar surface area (TPSA) is 84.3 Å². The minimum Gasteiger partial charge on any atom is -0.494 e. The van der Waals surface area contributed by atoms with Gasteiger partial charge in [-0.15, -0.1) is 0 Å². The first-order chi connectivity index (χ1) is 10.3. The third-order valence-electron chi connectivity index (χ3n) is 3.39. The number of nitrogens with one attached hydrogen (secondary N) is 1. The molecule has 118 valence electrons. The first kappa shape index (κ1) is 15.9. The molecule has 0 saturated carbocycles. The zero-order valence-electron chi connectivity index (χ0n) is 13.1. The molecule has 0 unspecified atom stereocenters. The van der Waals surface area contributed by atoms with Gasteiger partial charge in [-0.25, -0.2) is 4.68 Å². The van der Waals surface area contributed by atoms with Crippen molar-refractivity contribution in [1.82, 2.24) is 9.78 Å². The second-order valence-corrected chi connectivity index (χ2v) is 6.10. The molecule has 0 radical (unpaired) electrons. The van der Waals surface area contributed by atoms with Gasteiger partial charge in [-0.3, -0.25) is 14.7 Å². The molecule has 1 aromatic carbocycles. The fraction of sp³-hybridized carbons (Fsp3) is 0.375. The van der Waals surface area contributed by atoms with Gasteiger partial charge in [0.25, 0.3) is 5.56 Å². The standard InChI is InChI=1S/C16H20N2O4/c1-16(2,3)14-10(9-13(19)20)15(21)18(17-14)11-7-5-6-8-12(11)22-4/h5-8,17H,9H2,1-4H3,(H,19,20). The minimum atomic E-state index is -1.03. The summed E-state index contributed by atoms with van der Waals surface area (Å²) in [6.07, 6.45) is -0.315. The fourth-order valence-corrected chi connectivity index (χ4v) is 2.39. The Bertz CT molecular complexity index is 750. The molecular weight excluding hydrogens is 284 g/mol. The Morgan fingerprint density at radius 2 is 1.95 bits per heavy atom. The molecule has 1 aromatic heterocycles. The van der Waals surface area contributed by atoms with Crippen molar-refractivity contribution in [2.45, 2.75) is 32.6 Å². The Balaban J connectivity index is 2.71. The van der Waals surface area contributed by atoms with E-state index >= 15 is 0 Å². The van der Waals surface area contributed by atoms with Crippen LogP contribution in [0.25, 0.3) is 5.69 Å². The highest BCUT2D eigenvalue weighted by Gasteiger charge is 2.26. The average molecular weight is 304 g/mol. The van der Waals surface area contributed by atoms with Gasteiger partial charge >= 0.3 is 5.97 Å². The molecule has 0 amide bonds. The molecule has 2 N–H and O–H groups in total. The van der Waals surface area contributed by atoms with Crippen LogP contribution in [0.2, 0.25) is 0 Å². The number of nitrogens with zero attached hydrogens (tertiary/aromatic N) is 1. The maximum Gasteiger partial charge on any atom is 0.308 e. The van der Waals surface area contributed by atoms with Gasteiger partial charge in [0.05, 0.1) is 19.1 Å². The van der Waals surface area contributed by atoms with E-state index in [1.54, 1.807) is 24.3 Å². The smallest absolute Gasteiger partial charge is 0.308 e. The SMILES string of the molecule is COc1ccccc1-n1[nH]c(C(C)(C)C)c(CC(=O)O)c1=O. The van der Waals surface area contributed by atoms with Crippen molar-refractivity contribution in [2.24, 2.45) is 0 Å². The Labute approximate surface area is 128 Å². The molecule has 6 nitrogen and oxygen atoms in total. The number of aliphatic carboxylic acids is 1. The molecule has 2 rings (SSSR count). The molecule has 2 aromatic rings. The van der Waals surface area contributed by atoms with Crippen LogP contribution in [0, 0.1) is 0 Å². The fourth-order valence-electron chi connectivity index (χ4n) is 2.39. The summed E-state index contributed by atoms with van der Waals surface area (Å²) in [6, 6.07) is 7.09. The summed E-state index contributed by atoms with van der Waals surface area (Å²) in [6.45, 7) is 5.78. The number of para-hydroxylation sites is 2. The number of aromatic nitrogens is 2. The number of hydrogen-bond donors (Lipinski definition) is 2. The quantitative estimate of drug-likeness (QED) is 0.906. The maximum absolute atomic E-state index is 12.7. The van der Waals surface area contributed by atoms with E-state index in [0.717, 1.165) is 0 Å². The van der Waals surface area contributed by atoms with Gasteiger partial charge in [-0.1, -0.05) is 32.9 Å². The average Bonchev–Trinajstić information content (AvgIpc) is 2.75. The third-order valence-corrected chi connectivity index (χ3v) is 3.39. The van der Waals surface area contributed by atoms with Crippen LogP contribution in [0.15, 0.2) is 29.1 Å². The Hall–Kier alpha value is -2.50. The van der Waals surface area contributed by atoms with Gasteiger partial charge in [-0.2, -0.15) is 0 Å². The molecular formula is C16H20N2O4. The van der Waals surface area contributed by atoms with E-state index in [2.05, 4.69) is 5.10 Å². The van der Waals surface area contributed by atoms with E-state index in [9.17, 15) is 9.59 Å². The zero-order chi connectivity index (χ0) is 16.5. The molecule has 6 heteroatoms. The summed E-state index contributed by atoms with van der Waals surface area (Å²) in [5, 5.41) is 12.1. The molecule has 22 heavy (non-hydrogen) atoms. The summed E-state index contributed by atoms with van der Waals surface area (Å²) in [4.78, 5) is 23.7. The first-order valence-corrected chi connectivity index (χ1v) is 6.95. The Morgan fingerprint density at radius 1 is 1.32 bits per heavy atom. The summed E-state index contributed by atoms with van der Waals surface area (Å²) in [5.41, 5.74) is 0.697. The van der Waals surface area contributed by atoms with Gasteiger partial charge in [0.15, 0.2) is 0 Å². The lowest BCUT2D eigenvalue weighted by Gasteiger charge is -2.18. The molecule has 0 fully saturated rings. The predicted molar refractivity (Wildman–Crippen MR) is 83.0 cm³/mol. The molecule has 0 aliphatic carbocycles. The largest absolute Gasteiger partial charge is 0.494 e. The highest BCUT2D eigenvalue weighted by Crippen LogP contribution is 2.26. The van der Waals surface area contributed by atoms with Gasteiger partial charge in [0, 0.05) is 11.1 Å². The van der Waals surface area contributed by atoms with Crippen molar-refractivity contribution < 1.29 is 14.6 Å². The van der Waals surface area contributed by atoms with Crippen molar-refractivity contribution in [1.29, 1.82) is 0 Å². The van der Waals surface area contributed by atoms with E-state index < -0.39 is 5.97 Å². The lowest BCUT2D eigenvalue weighted by molar-refractivity contribution is -0.136. The second-order valence-electron chi connectivity index (χ2n) is 6.10. The zero-order valence-corrected chi connectivity index (χ0v) is 13.1. The monoisotopic (exact) mass is 304 g/mol. The van der Waals surface area contributed by atoms with E-state index in [-0.39, 0.29) is 23.0 Å². The number of rotatable bonds is 4. The Kier molecular flexibility index (Phi) is 4.12. The van der Waals surface area contributed by atoms with Crippen molar-refractivity contribution in [3.63, 3.8) is 0 Å². The molecule has 0 aliphatic heterocycles. The summed E-state index contributed by atoms with van der Waals surface area (Å²) >= 11 is 0. The highest BCUT2D eigenvalue weighted by atomic mass is 16.5. The van der Waals surface area contributed by atoms with Gasteiger partial charge in [0.1, 0.15) is 11.4 Å². The lowest BCUT2D eigenvalue weighted by Crippen LogP contribution is -2.21. The summed E-state index contributed by atoms with van der Waals surface area (Å²) in [7, 11) is 1.52.